The van der Waals surface area contributed by atoms with Crippen LogP contribution in [0.4, 0.5) is 13.2 Å². The fraction of sp³-hybridized carbons (Fsp3) is 0.238. The van der Waals surface area contributed by atoms with Crippen molar-refractivity contribution >= 4 is 16.8 Å². The summed E-state index contributed by atoms with van der Waals surface area (Å²) in [6.45, 7) is 0.586. The molecule has 2 aromatic heterocycles. The second kappa shape index (κ2) is 7.22. The van der Waals surface area contributed by atoms with E-state index < -0.39 is 11.7 Å². The molecular weight excluding hydrogens is 411 g/mol. The predicted molar refractivity (Wildman–Crippen MR) is 104 cm³/mol. The molecule has 0 radical (unpaired) electrons. The molecule has 1 fully saturated rings. The lowest BCUT2D eigenvalue weighted by Gasteiger charge is -2.16. The van der Waals surface area contributed by atoms with E-state index >= 15 is 0 Å². The summed E-state index contributed by atoms with van der Waals surface area (Å²) < 4.78 is 43.5. The van der Waals surface area contributed by atoms with Crippen molar-refractivity contribution in [3.8, 4) is 11.6 Å². The third-order valence-electron chi connectivity index (χ3n) is 5.35. The Morgan fingerprint density at radius 3 is 2.68 bits per heavy atom. The van der Waals surface area contributed by atoms with E-state index in [0.717, 1.165) is 23.0 Å². The molecule has 1 aliphatic heterocycles. The van der Waals surface area contributed by atoms with Crippen LogP contribution in [0.1, 0.15) is 29.3 Å². The Morgan fingerprint density at radius 1 is 1.13 bits per heavy atom. The van der Waals surface area contributed by atoms with Gasteiger partial charge in [0.25, 0.3) is 5.89 Å². The third kappa shape index (κ3) is 3.65. The Morgan fingerprint density at radius 2 is 1.90 bits per heavy atom. The van der Waals surface area contributed by atoms with Crippen molar-refractivity contribution < 1.29 is 22.5 Å². The molecule has 1 N–H and O–H groups in total. The summed E-state index contributed by atoms with van der Waals surface area (Å²) in [4.78, 5) is 18.5. The van der Waals surface area contributed by atoms with Gasteiger partial charge in [-0.05, 0) is 23.8 Å². The Balaban J connectivity index is 1.30. The normalized spacial score (nSPS) is 17.1. The second-order valence-electron chi connectivity index (χ2n) is 7.45. The van der Waals surface area contributed by atoms with Gasteiger partial charge in [-0.1, -0.05) is 35.5 Å². The number of aromatic nitrogens is 4. The van der Waals surface area contributed by atoms with Crippen molar-refractivity contribution in [2.24, 2.45) is 0 Å². The van der Waals surface area contributed by atoms with Gasteiger partial charge in [-0.3, -0.25) is 9.89 Å². The van der Waals surface area contributed by atoms with Gasteiger partial charge < -0.3 is 9.42 Å². The fourth-order valence-electron chi connectivity index (χ4n) is 3.74. The van der Waals surface area contributed by atoms with E-state index in [1.165, 1.54) is 12.1 Å². The molecule has 7 nitrogen and oxygen atoms in total. The number of halogens is 3. The van der Waals surface area contributed by atoms with E-state index in [0.29, 0.717) is 23.6 Å². The number of likely N-dealkylation sites (tertiary alicyclic amines) is 1. The summed E-state index contributed by atoms with van der Waals surface area (Å²) in [6, 6.07) is 12.4. The minimum absolute atomic E-state index is 0.110. The summed E-state index contributed by atoms with van der Waals surface area (Å²) in [6.07, 6.45) is -4.18. The van der Waals surface area contributed by atoms with E-state index in [1.54, 1.807) is 4.90 Å². The van der Waals surface area contributed by atoms with Gasteiger partial charge in [0.15, 0.2) is 11.5 Å². The van der Waals surface area contributed by atoms with Gasteiger partial charge in [-0.25, -0.2) is 0 Å². The SMILES string of the molecule is O=C1CC(c2noc(-c3n[nH]c4ccccc34)n2)CN1Cc1ccc(C(F)(F)F)cc1. The molecule has 1 unspecified atom stereocenters. The average Bonchev–Trinajstić information content (AvgIpc) is 3.46. The molecule has 5 rings (SSSR count). The molecule has 1 aliphatic rings. The van der Waals surface area contributed by atoms with E-state index in [4.69, 9.17) is 4.52 Å². The number of carbonyl (C=O) groups is 1. The average molecular weight is 427 g/mol. The number of fused-ring (bicyclic) bond motifs is 1. The van der Waals surface area contributed by atoms with Crippen molar-refractivity contribution in [2.45, 2.75) is 25.1 Å². The molecule has 31 heavy (non-hydrogen) atoms. The monoisotopic (exact) mass is 427 g/mol. The Hall–Kier alpha value is -3.69. The Labute approximate surface area is 173 Å². The number of nitrogens with zero attached hydrogens (tertiary/aromatic N) is 4. The molecule has 1 atom stereocenters. The number of benzene rings is 2. The number of H-pyrrole nitrogens is 1. The van der Waals surface area contributed by atoms with Crippen molar-refractivity contribution in [3.63, 3.8) is 0 Å². The maximum Gasteiger partial charge on any atom is 0.416 e. The number of amides is 1. The quantitative estimate of drug-likeness (QED) is 0.529. The molecule has 0 saturated carbocycles. The number of nitrogens with one attached hydrogen (secondary N) is 1. The summed E-state index contributed by atoms with van der Waals surface area (Å²) >= 11 is 0. The molecule has 0 spiro atoms. The molecule has 158 valence electrons. The number of rotatable bonds is 4. The number of carbonyl (C=O) groups excluding carboxylic acids is 1. The molecule has 4 aromatic rings. The van der Waals surface area contributed by atoms with E-state index in [1.807, 2.05) is 24.3 Å². The molecule has 2 aromatic carbocycles. The van der Waals surface area contributed by atoms with Crippen molar-refractivity contribution in [1.82, 2.24) is 25.2 Å². The minimum Gasteiger partial charge on any atom is -0.338 e. The van der Waals surface area contributed by atoms with E-state index in [-0.39, 0.29) is 30.7 Å². The molecule has 10 heteroatoms. The van der Waals surface area contributed by atoms with E-state index in [2.05, 4.69) is 20.3 Å². The maximum absolute atomic E-state index is 12.7. The topological polar surface area (TPSA) is 87.9 Å². The lowest BCUT2D eigenvalue weighted by atomic mass is 10.1. The number of hydrogen-bond acceptors (Lipinski definition) is 5. The molecular formula is C21H16F3N5O2. The minimum atomic E-state index is -4.39. The van der Waals surface area contributed by atoms with Gasteiger partial charge in [-0.15, -0.1) is 0 Å². The second-order valence-corrected chi connectivity index (χ2v) is 7.45. The largest absolute Gasteiger partial charge is 0.416 e. The van der Waals surface area contributed by atoms with Crippen LogP contribution in [0.25, 0.3) is 22.5 Å². The molecule has 3 heterocycles. The summed E-state index contributed by atoms with van der Waals surface area (Å²) in [5.41, 5.74) is 1.29. The number of aromatic amines is 1. The highest BCUT2D eigenvalue weighted by molar-refractivity contribution is 5.90. The first-order valence-corrected chi connectivity index (χ1v) is 9.59. The van der Waals surface area contributed by atoms with Gasteiger partial charge in [0.1, 0.15) is 0 Å². The molecule has 0 aliphatic carbocycles. The molecule has 1 saturated heterocycles. The smallest absolute Gasteiger partial charge is 0.338 e. The van der Waals surface area contributed by atoms with Crippen LogP contribution in [0.15, 0.2) is 53.1 Å². The fourth-order valence-corrected chi connectivity index (χ4v) is 3.74. The van der Waals surface area contributed by atoms with Crippen LogP contribution < -0.4 is 0 Å². The standard InChI is InChI=1S/C21H16F3N5O2/c22-21(23,24)14-7-5-12(6-8-14)10-29-11-13(9-17(29)30)19-25-20(31-28-19)18-15-3-1-2-4-16(15)26-27-18/h1-8,13H,9-11H2,(H,26,27). The first-order valence-electron chi connectivity index (χ1n) is 9.59. The van der Waals surface area contributed by atoms with Crippen LogP contribution in [0, 0.1) is 0 Å². The van der Waals surface area contributed by atoms with Crippen LogP contribution in [0.5, 0.6) is 0 Å². The molecule has 0 bridgehead atoms. The lowest BCUT2D eigenvalue weighted by molar-refractivity contribution is -0.137. The van der Waals surface area contributed by atoms with Crippen LogP contribution in [-0.4, -0.2) is 37.7 Å². The first kappa shape index (κ1) is 19.3. The highest BCUT2D eigenvalue weighted by Gasteiger charge is 2.34. The zero-order valence-corrected chi connectivity index (χ0v) is 16.1. The van der Waals surface area contributed by atoms with E-state index in [9.17, 15) is 18.0 Å². The summed E-state index contributed by atoms with van der Waals surface area (Å²) in [5.74, 6) is 0.303. The summed E-state index contributed by atoms with van der Waals surface area (Å²) in [7, 11) is 0. The third-order valence-corrected chi connectivity index (χ3v) is 5.35. The van der Waals surface area contributed by atoms with Gasteiger partial charge >= 0.3 is 6.18 Å². The van der Waals surface area contributed by atoms with Crippen LogP contribution >= 0.6 is 0 Å². The van der Waals surface area contributed by atoms with Gasteiger partial charge in [0.05, 0.1) is 11.1 Å². The molecule has 1 amide bonds. The van der Waals surface area contributed by atoms with Gasteiger partial charge in [0.2, 0.25) is 5.91 Å². The van der Waals surface area contributed by atoms with Crippen LogP contribution in [0.3, 0.4) is 0 Å². The van der Waals surface area contributed by atoms with Gasteiger partial charge in [0, 0.05) is 30.8 Å². The van der Waals surface area contributed by atoms with Gasteiger partial charge in [-0.2, -0.15) is 23.3 Å². The number of alkyl halides is 3. The first-order chi connectivity index (χ1) is 14.9. The number of para-hydroxylation sites is 1. The van der Waals surface area contributed by atoms with Crippen molar-refractivity contribution in [3.05, 3.63) is 65.5 Å². The Bertz CT molecular complexity index is 1250. The highest BCUT2D eigenvalue weighted by Crippen LogP contribution is 2.32. The van der Waals surface area contributed by atoms with Crippen molar-refractivity contribution in [2.75, 3.05) is 6.54 Å². The lowest BCUT2D eigenvalue weighted by Crippen LogP contribution is -2.24. The van der Waals surface area contributed by atoms with Crippen molar-refractivity contribution in [1.29, 1.82) is 0 Å². The zero-order chi connectivity index (χ0) is 21.6. The predicted octanol–water partition coefficient (Wildman–Crippen LogP) is 4.15. The highest BCUT2D eigenvalue weighted by atomic mass is 19.4. The summed E-state index contributed by atoms with van der Waals surface area (Å²) in [5, 5.41) is 12.0. The maximum atomic E-state index is 12.7. The zero-order valence-electron chi connectivity index (χ0n) is 16.1. The van der Waals surface area contributed by atoms with Crippen LogP contribution in [0.2, 0.25) is 0 Å². The van der Waals surface area contributed by atoms with Crippen LogP contribution in [-0.2, 0) is 17.5 Å². The Kier molecular flexibility index (Phi) is 4.49. The number of hydrogen-bond donors (Lipinski definition) is 1.